The lowest BCUT2D eigenvalue weighted by atomic mass is 9.86. The van der Waals surface area contributed by atoms with E-state index in [4.69, 9.17) is 0 Å². The first-order chi connectivity index (χ1) is 13.1. The lowest BCUT2D eigenvalue weighted by Crippen LogP contribution is -2.16. The molecule has 2 aromatic heterocycles. The van der Waals surface area contributed by atoms with Crippen molar-refractivity contribution in [3.8, 4) is 11.3 Å². The first-order valence-corrected chi connectivity index (χ1v) is 8.85. The number of aryl methyl sites for hydroxylation is 2. The standard InChI is InChI=1S/C21H20N4O2/c1-13-19(14(2)24-23-13)17(12-25(26)27)20-16-10-6-7-11-18(16)22-21(20)15-8-4-3-5-9-15/h3-11,17,22H,12H2,1-2H3,(H,23,24). The fraction of sp³-hybridized carbons (Fsp3) is 0.190. The molecule has 27 heavy (non-hydrogen) atoms. The number of hydrogen-bond donors (Lipinski definition) is 2. The third-order valence-electron chi connectivity index (χ3n) is 5.02. The highest BCUT2D eigenvalue weighted by atomic mass is 16.6. The smallest absolute Gasteiger partial charge is 0.214 e. The molecule has 0 saturated heterocycles. The van der Waals surface area contributed by atoms with Gasteiger partial charge in [0.05, 0.1) is 17.3 Å². The van der Waals surface area contributed by atoms with Crippen LogP contribution in [0.1, 0.15) is 28.4 Å². The topological polar surface area (TPSA) is 87.6 Å². The summed E-state index contributed by atoms with van der Waals surface area (Å²) in [6.45, 7) is 3.62. The molecule has 1 atom stereocenters. The summed E-state index contributed by atoms with van der Waals surface area (Å²) in [5, 5.41) is 19.8. The summed E-state index contributed by atoms with van der Waals surface area (Å²) in [6.07, 6.45) is 0. The van der Waals surface area contributed by atoms with Crippen molar-refractivity contribution in [1.29, 1.82) is 0 Å². The molecule has 4 aromatic rings. The van der Waals surface area contributed by atoms with Gasteiger partial charge >= 0.3 is 0 Å². The Morgan fingerprint density at radius 1 is 1.04 bits per heavy atom. The van der Waals surface area contributed by atoms with Crippen molar-refractivity contribution in [3.63, 3.8) is 0 Å². The number of nitrogens with zero attached hydrogens (tertiary/aromatic N) is 2. The van der Waals surface area contributed by atoms with Crippen LogP contribution in [0.2, 0.25) is 0 Å². The minimum atomic E-state index is -0.398. The van der Waals surface area contributed by atoms with Crippen LogP contribution in [0.15, 0.2) is 54.6 Å². The number of benzene rings is 2. The summed E-state index contributed by atoms with van der Waals surface area (Å²) in [7, 11) is 0. The van der Waals surface area contributed by atoms with Crippen LogP contribution in [0.25, 0.3) is 22.2 Å². The van der Waals surface area contributed by atoms with E-state index >= 15 is 0 Å². The zero-order chi connectivity index (χ0) is 19.0. The van der Waals surface area contributed by atoms with Gasteiger partial charge in [-0.05, 0) is 31.0 Å². The molecule has 0 aliphatic heterocycles. The maximum atomic E-state index is 11.6. The molecule has 6 heteroatoms. The van der Waals surface area contributed by atoms with Crippen molar-refractivity contribution in [1.82, 2.24) is 15.2 Å². The van der Waals surface area contributed by atoms with Gasteiger partial charge in [0.2, 0.25) is 6.54 Å². The fourth-order valence-electron chi connectivity index (χ4n) is 3.91. The summed E-state index contributed by atoms with van der Waals surface area (Å²) < 4.78 is 0. The van der Waals surface area contributed by atoms with E-state index in [1.165, 1.54) is 0 Å². The second-order valence-corrected chi connectivity index (χ2v) is 6.74. The normalized spacial score (nSPS) is 12.4. The molecule has 0 bridgehead atoms. The molecule has 0 amide bonds. The Morgan fingerprint density at radius 3 is 2.41 bits per heavy atom. The van der Waals surface area contributed by atoms with Crippen LogP contribution in [0.3, 0.4) is 0 Å². The number of aromatic amines is 2. The fourth-order valence-corrected chi connectivity index (χ4v) is 3.91. The van der Waals surface area contributed by atoms with E-state index in [1.807, 2.05) is 68.4 Å². The van der Waals surface area contributed by atoms with E-state index in [0.717, 1.165) is 44.7 Å². The predicted octanol–water partition coefficient (Wildman–Crippen LogP) is 4.58. The van der Waals surface area contributed by atoms with E-state index in [2.05, 4.69) is 15.2 Å². The van der Waals surface area contributed by atoms with Gasteiger partial charge in [0, 0.05) is 27.1 Å². The van der Waals surface area contributed by atoms with Crippen LogP contribution in [0.4, 0.5) is 0 Å². The van der Waals surface area contributed by atoms with Crippen LogP contribution in [-0.4, -0.2) is 26.6 Å². The molecule has 2 aromatic carbocycles. The number of aromatic nitrogens is 3. The van der Waals surface area contributed by atoms with Crippen molar-refractivity contribution in [2.75, 3.05) is 6.54 Å². The quantitative estimate of drug-likeness (QED) is 0.403. The number of para-hydroxylation sites is 1. The van der Waals surface area contributed by atoms with E-state index in [-0.39, 0.29) is 11.5 Å². The number of nitro groups is 1. The summed E-state index contributed by atoms with van der Waals surface area (Å²) >= 11 is 0. The van der Waals surface area contributed by atoms with Gasteiger partial charge in [0.1, 0.15) is 0 Å². The van der Waals surface area contributed by atoms with Crippen molar-refractivity contribution in [2.45, 2.75) is 19.8 Å². The van der Waals surface area contributed by atoms with E-state index < -0.39 is 5.92 Å². The summed E-state index contributed by atoms with van der Waals surface area (Å²) in [5.41, 5.74) is 6.40. The molecular formula is C21H20N4O2. The Bertz CT molecular complexity index is 1090. The molecule has 2 N–H and O–H groups in total. The number of fused-ring (bicyclic) bond motifs is 1. The zero-order valence-electron chi connectivity index (χ0n) is 15.2. The molecule has 0 fully saturated rings. The lowest BCUT2D eigenvalue weighted by Gasteiger charge is -2.16. The second kappa shape index (κ2) is 6.72. The molecule has 2 heterocycles. The Labute approximate surface area is 156 Å². The van der Waals surface area contributed by atoms with Crippen LogP contribution < -0.4 is 0 Å². The van der Waals surface area contributed by atoms with Crippen LogP contribution >= 0.6 is 0 Å². The monoisotopic (exact) mass is 360 g/mol. The van der Waals surface area contributed by atoms with Gasteiger partial charge in [-0.25, -0.2) is 0 Å². The molecule has 136 valence electrons. The average Bonchev–Trinajstić information content (AvgIpc) is 3.21. The van der Waals surface area contributed by atoms with Crippen molar-refractivity contribution in [3.05, 3.63) is 87.2 Å². The number of hydrogen-bond acceptors (Lipinski definition) is 3. The van der Waals surface area contributed by atoms with Gasteiger partial charge in [-0.15, -0.1) is 0 Å². The summed E-state index contributed by atoms with van der Waals surface area (Å²) in [5.74, 6) is -0.398. The lowest BCUT2D eigenvalue weighted by molar-refractivity contribution is -0.481. The minimum absolute atomic E-state index is 0.192. The highest BCUT2D eigenvalue weighted by Gasteiger charge is 2.30. The molecule has 0 spiro atoms. The molecule has 4 rings (SSSR count). The predicted molar refractivity (Wildman–Crippen MR) is 106 cm³/mol. The SMILES string of the molecule is Cc1n[nH]c(C)c1C(C[N+](=O)[O-])c1c(-c2ccccc2)[nH]c2ccccc12. The highest BCUT2D eigenvalue weighted by molar-refractivity contribution is 5.92. The Balaban J connectivity index is 2.03. The van der Waals surface area contributed by atoms with Crippen LogP contribution in [0.5, 0.6) is 0 Å². The van der Waals surface area contributed by atoms with Crippen LogP contribution in [-0.2, 0) is 0 Å². The Kier molecular flexibility index (Phi) is 4.24. The molecule has 1 unspecified atom stereocenters. The first kappa shape index (κ1) is 17.0. The Hall–Kier alpha value is -3.41. The number of nitrogens with one attached hydrogen (secondary N) is 2. The maximum absolute atomic E-state index is 11.6. The van der Waals surface area contributed by atoms with E-state index in [0.29, 0.717) is 0 Å². The van der Waals surface area contributed by atoms with Gasteiger partial charge in [0.15, 0.2) is 0 Å². The summed E-state index contributed by atoms with van der Waals surface area (Å²) in [4.78, 5) is 14.8. The van der Waals surface area contributed by atoms with Crippen molar-refractivity contribution < 1.29 is 4.92 Å². The molecule has 0 radical (unpaired) electrons. The minimum Gasteiger partial charge on any atom is -0.354 e. The largest absolute Gasteiger partial charge is 0.354 e. The molecule has 6 nitrogen and oxygen atoms in total. The maximum Gasteiger partial charge on any atom is 0.214 e. The highest BCUT2D eigenvalue weighted by Crippen LogP contribution is 2.40. The van der Waals surface area contributed by atoms with Crippen LogP contribution in [0, 0.1) is 24.0 Å². The second-order valence-electron chi connectivity index (χ2n) is 6.74. The van der Waals surface area contributed by atoms with Crippen molar-refractivity contribution >= 4 is 10.9 Å². The average molecular weight is 360 g/mol. The molecular weight excluding hydrogens is 340 g/mol. The molecule has 0 aliphatic carbocycles. The Morgan fingerprint density at radius 2 is 1.74 bits per heavy atom. The molecule has 0 saturated carbocycles. The van der Waals surface area contributed by atoms with Gasteiger partial charge in [0.25, 0.3) is 0 Å². The number of H-pyrrole nitrogens is 2. The van der Waals surface area contributed by atoms with Gasteiger partial charge in [-0.3, -0.25) is 15.2 Å². The third-order valence-corrected chi connectivity index (χ3v) is 5.02. The number of rotatable bonds is 5. The van der Waals surface area contributed by atoms with E-state index in [1.54, 1.807) is 0 Å². The first-order valence-electron chi connectivity index (χ1n) is 8.85. The zero-order valence-corrected chi connectivity index (χ0v) is 15.2. The van der Waals surface area contributed by atoms with Gasteiger partial charge in [-0.1, -0.05) is 48.5 Å². The van der Waals surface area contributed by atoms with Gasteiger partial charge in [-0.2, -0.15) is 5.10 Å². The molecule has 0 aliphatic rings. The van der Waals surface area contributed by atoms with Gasteiger partial charge < -0.3 is 4.98 Å². The third kappa shape index (κ3) is 2.99. The van der Waals surface area contributed by atoms with Crippen molar-refractivity contribution in [2.24, 2.45) is 0 Å². The summed E-state index contributed by atoms with van der Waals surface area (Å²) in [6, 6.07) is 17.9. The van der Waals surface area contributed by atoms with E-state index in [9.17, 15) is 10.1 Å².